The van der Waals surface area contributed by atoms with E-state index in [0.717, 1.165) is 0 Å². The number of benzene rings is 1. The summed E-state index contributed by atoms with van der Waals surface area (Å²) in [4.78, 5) is 11.7. The third kappa shape index (κ3) is 2.70. The maximum atomic E-state index is 11.7. The predicted molar refractivity (Wildman–Crippen MR) is 64.7 cm³/mol. The van der Waals surface area contributed by atoms with Gasteiger partial charge in [0.1, 0.15) is 17.1 Å². The molecule has 0 aliphatic carbocycles. The zero-order chi connectivity index (χ0) is 13.0. The number of hydrogen-bond donors (Lipinski definition) is 1. The van der Waals surface area contributed by atoms with Crippen molar-refractivity contribution in [1.29, 1.82) is 0 Å². The Bertz CT molecular complexity index is 424. The highest BCUT2D eigenvalue weighted by atomic mass is 16.5. The maximum absolute atomic E-state index is 11.7. The quantitative estimate of drug-likeness (QED) is 0.819. The summed E-state index contributed by atoms with van der Waals surface area (Å²) < 4.78 is 10.3. The van der Waals surface area contributed by atoms with Gasteiger partial charge in [-0.3, -0.25) is 0 Å². The van der Waals surface area contributed by atoms with Crippen molar-refractivity contribution >= 4 is 5.97 Å². The van der Waals surface area contributed by atoms with E-state index in [2.05, 4.69) is 0 Å². The predicted octanol–water partition coefficient (Wildman–Crippen LogP) is 2.58. The lowest BCUT2D eigenvalue weighted by atomic mass is 10.0. The molecule has 0 aromatic heterocycles. The number of ether oxygens (including phenoxy) is 2. The molecule has 0 aliphatic heterocycles. The smallest absolute Gasteiger partial charge is 0.342 e. The van der Waals surface area contributed by atoms with Crippen LogP contribution in [-0.4, -0.2) is 24.3 Å². The van der Waals surface area contributed by atoms with Crippen molar-refractivity contribution in [3.8, 4) is 11.5 Å². The average molecular weight is 238 g/mol. The Kier molecular flexibility index (Phi) is 4.37. The zero-order valence-electron chi connectivity index (χ0n) is 10.7. The average Bonchev–Trinajstić information content (AvgIpc) is 2.26. The van der Waals surface area contributed by atoms with Crippen LogP contribution >= 0.6 is 0 Å². The van der Waals surface area contributed by atoms with Crippen LogP contribution in [-0.2, 0) is 4.74 Å². The lowest BCUT2D eigenvalue weighted by Gasteiger charge is -2.14. The Hall–Kier alpha value is -1.71. The van der Waals surface area contributed by atoms with Crippen molar-refractivity contribution in [3.05, 3.63) is 22.8 Å². The van der Waals surface area contributed by atoms with Crippen molar-refractivity contribution in [2.45, 2.75) is 27.7 Å². The molecule has 0 heterocycles. The van der Waals surface area contributed by atoms with E-state index >= 15 is 0 Å². The summed E-state index contributed by atoms with van der Waals surface area (Å²) >= 11 is 0. The van der Waals surface area contributed by atoms with Gasteiger partial charge in [0, 0.05) is 5.56 Å². The number of rotatable bonds is 4. The fraction of sp³-hybridized carbons (Fsp3) is 0.462. The molecular weight excluding hydrogens is 220 g/mol. The van der Waals surface area contributed by atoms with Gasteiger partial charge in [-0.25, -0.2) is 4.79 Å². The molecule has 17 heavy (non-hydrogen) atoms. The van der Waals surface area contributed by atoms with Crippen LogP contribution < -0.4 is 4.74 Å². The molecule has 0 radical (unpaired) electrons. The van der Waals surface area contributed by atoms with Crippen LogP contribution in [0.2, 0.25) is 0 Å². The normalized spacial score (nSPS) is 10.1. The topological polar surface area (TPSA) is 55.8 Å². The zero-order valence-corrected chi connectivity index (χ0v) is 10.7. The molecule has 4 heteroatoms. The molecule has 1 N–H and O–H groups in total. The lowest BCUT2D eigenvalue weighted by molar-refractivity contribution is 0.0522. The first-order chi connectivity index (χ1) is 8.02. The number of hydrogen-bond acceptors (Lipinski definition) is 4. The maximum Gasteiger partial charge on any atom is 0.342 e. The van der Waals surface area contributed by atoms with Crippen LogP contribution in [0.3, 0.4) is 0 Å². The van der Waals surface area contributed by atoms with Crippen molar-refractivity contribution < 1.29 is 19.4 Å². The van der Waals surface area contributed by atoms with E-state index in [4.69, 9.17) is 9.47 Å². The first-order valence-corrected chi connectivity index (χ1v) is 5.65. The second-order valence-electron chi connectivity index (χ2n) is 3.69. The van der Waals surface area contributed by atoms with Crippen LogP contribution in [0.25, 0.3) is 0 Å². The van der Waals surface area contributed by atoms with Crippen LogP contribution in [0.4, 0.5) is 0 Å². The molecule has 94 valence electrons. The summed E-state index contributed by atoms with van der Waals surface area (Å²) in [5, 5.41) is 10.0. The van der Waals surface area contributed by atoms with Crippen molar-refractivity contribution in [1.82, 2.24) is 0 Å². The highest BCUT2D eigenvalue weighted by Gasteiger charge is 2.20. The summed E-state index contributed by atoms with van der Waals surface area (Å²) in [6.45, 7) is 7.84. The van der Waals surface area contributed by atoms with E-state index in [1.807, 2.05) is 6.92 Å². The minimum atomic E-state index is -0.506. The number of carbonyl (C=O) groups excluding carboxylic acids is 1. The first kappa shape index (κ1) is 13.4. The molecule has 1 aromatic rings. The molecule has 0 bridgehead atoms. The van der Waals surface area contributed by atoms with E-state index in [0.29, 0.717) is 23.5 Å². The lowest BCUT2D eigenvalue weighted by Crippen LogP contribution is -2.08. The molecule has 0 saturated heterocycles. The third-order valence-electron chi connectivity index (χ3n) is 2.48. The Balaban J connectivity index is 3.25. The van der Waals surface area contributed by atoms with Gasteiger partial charge >= 0.3 is 5.97 Å². The second kappa shape index (κ2) is 5.57. The van der Waals surface area contributed by atoms with Gasteiger partial charge < -0.3 is 14.6 Å². The van der Waals surface area contributed by atoms with Crippen LogP contribution in [0.1, 0.15) is 35.3 Å². The molecule has 0 saturated carbocycles. The van der Waals surface area contributed by atoms with Gasteiger partial charge in [0.05, 0.1) is 13.2 Å². The Labute approximate surface area is 101 Å². The minimum Gasteiger partial charge on any atom is -0.507 e. The van der Waals surface area contributed by atoms with Crippen LogP contribution in [0.15, 0.2) is 6.07 Å². The SMILES string of the molecule is CCOC(=O)c1c(C)cc(OCC)c(C)c1O. The van der Waals surface area contributed by atoms with Crippen molar-refractivity contribution in [2.75, 3.05) is 13.2 Å². The molecule has 0 atom stereocenters. The summed E-state index contributed by atoms with van der Waals surface area (Å²) in [6.07, 6.45) is 0. The fourth-order valence-corrected chi connectivity index (χ4v) is 1.63. The van der Waals surface area contributed by atoms with E-state index in [-0.39, 0.29) is 17.9 Å². The molecule has 1 rings (SSSR count). The standard InChI is InChI=1S/C13H18O4/c1-5-16-10-7-8(3)11(12(14)9(10)4)13(15)17-6-2/h7,14H,5-6H2,1-4H3. The summed E-state index contributed by atoms with van der Waals surface area (Å²) in [7, 11) is 0. The summed E-state index contributed by atoms with van der Waals surface area (Å²) in [6, 6.07) is 1.74. The molecule has 0 fully saturated rings. The first-order valence-electron chi connectivity index (χ1n) is 5.65. The van der Waals surface area contributed by atoms with Crippen molar-refractivity contribution in [3.63, 3.8) is 0 Å². The van der Waals surface area contributed by atoms with E-state index < -0.39 is 5.97 Å². The Morgan fingerprint density at radius 1 is 1.29 bits per heavy atom. The number of phenolic OH excluding ortho intramolecular Hbond substituents is 1. The summed E-state index contributed by atoms with van der Waals surface area (Å²) in [5.74, 6) is 0.0242. The molecule has 4 nitrogen and oxygen atoms in total. The van der Waals surface area contributed by atoms with Crippen molar-refractivity contribution in [2.24, 2.45) is 0 Å². The number of phenols is 1. The second-order valence-corrected chi connectivity index (χ2v) is 3.69. The number of aryl methyl sites for hydroxylation is 1. The molecule has 1 aromatic carbocycles. The fourth-order valence-electron chi connectivity index (χ4n) is 1.63. The van der Waals surface area contributed by atoms with Gasteiger partial charge in [-0.15, -0.1) is 0 Å². The highest BCUT2D eigenvalue weighted by Crippen LogP contribution is 2.33. The molecule has 0 spiro atoms. The largest absolute Gasteiger partial charge is 0.507 e. The molecule has 0 aliphatic rings. The van der Waals surface area contributed by atoms with E-state index in [1.165, 1.54) is 0 Å². The highest BCUT2D eigenvalue weighted by molar-refractivity contribution is 5.95. The van der Waals surface area contributed by atoms with Crippen LogP contribution in [0, 0.1) is 13.8 Å². The number of aromatic hydroxyl groups is 1. The number of esters is 1. The van der Waals surface area contributed by atoms with Gasteiger partial charge in [0.2, 0.25) is 0 Å². The Morgan fingerprint density at radius 3 is 2.47 bits per heavy atom. The van der Waals surface area contributed by atoms with Gasteiger partial charge in [0.15, 0.2) is 0 Å². The minimum absolute atomic E-state index is 0.0631. The van der Waals surface area contributed by atoms with Gasteiger partial charge in [0.25, 0.3) is 0 Å². The third-order valence-corrected chi connectivity index (χ3v) is 2.48. The molecule has 0 unspecified atom stereocenters. The summed E-state index contributed by atoms with van der Waals surface area (Å²) in [5.41, 5.74) is 1.42. The molecular formula is C13H18O4. The monoisotopic (exact) mass is 238 g/mol. The van der Waals surface area contributed by atoms with Gasteiger partial charge in [-0.05, 0) is 39.3 Å². The van der Waals surface area contributed by atoms with E-state index in [9.17, 15) is 9.90 Å². The van der Waals surface area contributed by atoms with Crippen LogP contribution in [0.5, 0.6) is 11.5 Å². The molecule has 0 amide bonds. The number of carbonyl (C=O) groups is 1. The van der Waals surface area contributed by atoms with Gasteiger partial charge in [-0.1, -0.05) is 0 Å². The van der Waals surface area contributed by atoms with E-state index in [1.54, 1.807) is 26.8 Å². The Morgan fingerprint density at radius 2 is 1.94 bits per heavy atom. The van der Waals surface area contributed by atoms with Gasteiger partial charge in [-0.2, -0.15) is 0 Å².